The van der Waals surface area contributed by atoms with Gasteiger partial charge in [0.25, 0.3) is 0 Å². The predicted molar refractivity (Wildman–Crippen MR) is 132 cm³/mol. The van der Waals surface area contributed by atoms with Crippen LogP contribution in [0.15, 0.2) is 64.3 Å². The number of aromatic amines is 1. The summed E-state index contributed by atoms with van der Waals surface area (Å²) in [4.78, 5) is 15.4. The largest absolute Gasteiger partial charge is 0.481 e. The van der Waals surface area contributed by atoms with Crippen LogP contribution in [0.25, 0.3) is 39.7 Å². The lowest BCUT2D eigenvalue weighted by atomic mass is 9.93. The van der Waals surface area contributed by atoms with E-state index < -0.39 is 5.97 Å². The molecule has 7 nitrogen and oxygen atoms in total. The zero-order valence-electron chi connectivity index (χ0n) is 18.7. The quantitative estimate of drug-likeness (QED) is 0.348. The van der Waals surface area contributed by atoms with E-state index >= 15 is 0 Å². The number of hydrogen-bond acceptors (Lipinski definition) is 6. The molecule has 0 fully saturated rings. The number of allylic oxidation sites excluding steroid dienone is 3. The molecule has 0 bridgehead atoms. The molecule has 0 saturated carbocycles. The smallest absolute Gasteiger partial charge is 0.313 e. The Labute approximate surface area is 200 Å². The Bertz CT molecular complexity index is 1430. The van der Waals surface area contributed by atoms with Gasteiger partial charge in [-0.3, -0.25) is 9.89 Å². The number of benzene rings is 2. The van der Waals surface area contributed by atoms with Crippen molar-refractivity contribution in [3.8, 4) is 33.6 Å². The van der Waals surface area contributed by atoms with Crippen LogP contribution in [0.3, 0.4) is 0 Å². The first kappa shape index (κ1) is 21.9. The molecule has 0 atom stereocenters. The van der Waals surface area contributed by atoms with Crippen molar-refractivity contribution >= 4 is 23.8 Å². The van der Waals surface area contributed by atoms with Gasteiger partial charge in [0.2, 0.25) is 5.16 Å². The summed E-state index contributed by atoms with van der Waals surface area (Å²) in [5, 5.41) is 20.6. The zero-order valence-corrected chi connectivity index (χ0v) is 19.5. The number of aryl methyl sites for hydroxylation is 2. The number of nitrogens with one attached hydrogen (secondary N) is 1. The van der Waals surface area contributed by atoms with Crippen LogP contribution >= 0.6 is 11.8 Å². The number of rotatable bonds is 6. The maximum atomic E-state index is 10.9. The van der Waals surface area contributed by atoms with Gasteiger partial charge in [-0.25, -0.2) is 4.98 Å². The normalized spacial score (nSPS) is 12.5. The Morgan fingerprint density at radius 3 is 2.71 bits per heavy atom. The van der Waals surface area contributed by atoms with Gasteiger partial charge in [-0.1, -0.05) is 53.4 Å². The number of thioether (sulfide) groups is 1. The average Bonchev–Trinajstić information content (AvgIpc) is 3.35. The van der Waals surface area contributed by atoms with Crippen LogP contribution in [0.1, 0.15) is 22.6 Å². The first-order chi connectivity index (χ1) is 16.5. The predicted octanol–water partition coefficient (Wildman–Crippen LogP) is 5.71. The summed E-state index contributed by atoms with van der Waals surface area (Å²) in [6.45, 7) is 3.82. The van der Waals surface area contributed by atoms with Crippen LogP contribution in [-0.2, 0) is 11.2 Å². The second kappa shape index (κ2) is 9.15. The number of nitrogens with zero attached hydrogens (tertiary/aromatic N) is 3. The van der Waals surface area contributed by atoms with Crippen LogP contribution in [-0.4, -0.2) is 37.2 Å². The summed E-state index contributed by atoms with van der Waals surface area (Å²) in [5.74, 6) is 0.305. The number of fused-ring (bicyclic) bond motifs is 1. The van der Waals surface area contributed by atoms with Gasteiger partial charge in [0.05, 0.1) is 11.4 Å². The Morgan fingerprint density at radius 1 is 1.09 bits per heavy atom. The maximum Gasteiger partial charge on any atom is 0.313 e. The molecular formula is C26H22N4O3S. The lowest BCUT2D eigenvalue weighted by molar-refractivity contribution is -0.133. The first-order valence-corrected chi connectivity index (χ1v) is 11.8. The lowest BCUT2D eigenvalue weighted by Crippen LogP contribution is -1.97. The minimum atomic E-state index is -0.911. The molecule has 1 aliphatic carbocycles. The van der Waals surface area contributed by atoms with Gasteiger partial charge in [-0.2, -0.15) is 0 Å². The van der Waals surface area contributed by atoms with Gasteiger partial charge >= 0.3 is 5.97 Å². The van der Waals surface area contributed by atoms with Gasteiger partial charge in [-0.15, -0.1) is 5.10 Å². The van der Waals surface area contributed by atoms with Gasteiger partial charge in [0.1, 0.15) is 5.76 Å². The van der Waals surface area contributed by atoms with Crippen LogP contribution in [0.5, 0.6) is 0 Å². The summed E-state index contributed by atoms with van der Waals surface area (Å²) in [5.41, 5.74) is 8.15. The summed E-state index contributed by atoms with van der Waals surface area (Å²) < 4.78 is 5.43. The van der Waals surface area contributed by atoms with E-state index in [9.17, 15) is 4.79 Å². The minimum Gasteiger partial charge on any atom is -0.481 e. The highest BCUT2D eigenvalue weighted by molar-refractivity contribution is 7.99. The van der Waals surface area contributed by atoms with E-state index in [4.69, 9.17) is 9.63 Å². The highest BCUT2D eigenvalue weighted by Crippen LogP contribution is 2.36. The van der Waals surface area contributed by atoms with Crippen molar-refractivity contribution in [2.24, 2.45) is 0 Å². The molecule has 4 aromatic rings. The fourth-order valence-electron chi connectivity index (χ4n) is 4.09. The molecule has 0 radical (unpaired) electrons. The molecule has 8 heteroatoms. The van der Waals surface area contributed by atoms with Crippen LogP contribution in [0.2, 0.25) is 0 Å². The van der Waals surface area contributed by atoms with Crippen molar-refractivity contribution < 1.29 is 14.4 Å². The summed E-state index contributed by atoms with van der Waals surface area (Å²) >= 11 is 1.08. The van der Waals surface area contributed by atoms with Crippen LogP contribution in [0, 0.1) is 13.8 Å². The standard InChI is InChI=1S/C26H22N4O3S/c1-15-24(16(2)33-30-15)21-11-20(19-9-8-17-6-4-3-5-7-18(17)10-19)12-22(13-21)25-27-26(29-28-25)34-14-23(31)32/h3-5,7-13H,6,14H2,1-2H3,(H,31,32)(H,27,28,29). The van der Waals surface area contributed by atoms with E-state index in [1.54, 1.807) is 0 Å². The molecule has 0 spiro atoms. The number of carbonyl (C=O) groups is 1. The van der Waals surface area contributed by atoms with E-state index in [-0.39, 0.29) is 5.75 Å². The monoisotopic (exact) mass is 470 g/mol. The average molecular weight is 471 g/mol. The fourth-order valence-corrected chi connectivity index (χ4v) is 4.60. The molecule has 0 amide bonds. The highest BCUT2D eigenvalue weighted by atomic mass is 32.2. The van der Waals surface area contributed by atoms with E-state index in [2.05, 4.69) is 75.0 Å². The molecular weight excluding hydrogens is 448 g/mol. The third-order valence-corrected chi connectivity index (χ3v) is 6.49. The van der Waals surface area contributed by atoms with E-state index in [0.29, 0.717) is 11.0 Å². The first-order valence-electron chi connectivity index (χ1n) is 10.8. The topological polar surface area (TPSA) is 105 Å². The highest BCUT2D eigenvalue weighted by Gasteiger charge is 2.17. The number of H-pyrrole nitrogens is 1. The van der Waals surface area contributed by atoms with Gasteiger partial charge in [0.15, 0.2) is 5.82 Å². The Hall–Kier alpha value is -3.91. The third-order valence-electron chi connectivity index (χ3n) is 5.66. The van der Waals surface area contributed by atoms with Crippen molar-refractivity contribution in [3.63, 3.8) is 0 Å². The van der Waals surface area contributed by atoms with E-state index in [0.717, 1.165) is 57.5 Å². The maximum absolute atomic E-state index is 10.9. The van der Waals surface area contributed by atoms with Crippen molar-refractivity contribution in [3.05, 3.63) is 77.2 Å². The molecule has 2 aromatic heterocycles. The van der Waals surface area contributed by atoms with Gasteiger partial charge < -0.3 is 9.63 Å². The second-order valence-corrected chi connectivity index (χ2v) is 8.99. The summed E-state index contributed by atoms with van der Waals surface area (Å²) in [7, 11) is 0. The Balaban J connectivity index is 1.62. The van der Waals surface area contributed by atoms with Gasteiger partial charge in [0, 0.05) is 11.1 Å². The lowest BCUT2D eigenvalue weighted by Gasteiger charge is -2.11. The fraction of sp³-hybridized carbons (Fsp3) is 0.154. The third kappa shape index (κ3) is 4.45. The number of hydrogen-bond donors (Lipinski definition) is 2. The molecule has 0 aliphatic heterocycles. The molecule has 0 unspecified atom stereocenters. The summed E-state index contributed by atoms with van der Waals surface area (Å²) in [6, 6.07) is 12.7. The molecule has 170 valence electrons. The van der Waals surface area contributed by atoms with Crippen molar-refractivity contribution in [1.82, 2.24) is 20.3 Å². The van der Waals surface area contributed by atoms with E-state index in [1.165, 1.54) is 11.1 Å². The summed E-state index contributed by atoms with van der Waals surface area (Å²) in [6.07, 6.45) is 9.32. The number of carboxylic acids is 1. The molecule has 0 saturated heterocycles. The SMILES string of the molecule is Cc1noc(C)c1-c1cc(-c2ccc3c(c2)C=CC=CC3)cc(-c2nc(SCC(=O)O)n[nH]2)c1. The van der Waals surface area contributed by atoms with Crippen molar-refractivity contribution in [2.45, 2.75) is 25.4 Å². The Morgan fingerprint density at radius 2 is 1.91 bits per heavy atom. The van der Waals surface area contributed by atoms with Crippen LogP contribution < -0.4 is 0 Å². The van der Waals surface area contributed by atoms with Crippen molar-refractivity contribution in [1.29, 1.82) is 0 Å². The number of aromatic nitrogens is 4. The van der Waals surface area contributed by atoms with Crippen LogP contribution in [0.4, 0.5) is 0 Å². The second-order valence-electron chi connectivity index (χ2n) is 8.05. The molecule has 1 aliphatic rings. The molecule has 34 heavy (non-hydrogen) atoms. The Kier molecular flexibility index (Phi) is 5.90. The molecule has 2 N–H and O–H groups in total. The zero-order chi connectivity index (χ0) is 23.7. The van der Waals surface area contributed by atoms with Crippen molar-refractivity contribution in [2.75, 3.05) is 5.75 Å². The number of carboxylic acid groups (broad SMARTS) is 1. The molecule has 2 heterocycles. The molecule has 5 rings (SSSR count). The minimum absolute atomic E-state index is 0.0981. The van der Waals surface area contributed by atoms with Gasteiger partial charge in [-0.05, 0) is 72.4 Å². The molecule has 2 aromatic carbocycles. The van der Waals surface area contributed by atoms with E-state index in [1.807, 2.05) is 19.9 Å². The number of aliphatic carboxylic acids is 1.